The summed E-state index contributed by atoms with van der Waals surface area (Å²) in [6.07, 6.45) is 0.694. The van der Waals surface area contributed by atoms with Gasteiger partial charge >= 0.3 is 0 Å². The molecule has 0 saturated heterocycles. The lowest BCUT2D eigenvalue weighted by Gasteiger charge is -2.25. The molecular weight excluding hydrogens is 278 g/mol. The van der Waals surface area contributed by atoms with Crippen LogP contribution in [0.1, 0.15) is 37.6 Å². The summed E-state index contributed by atoms with van der Waals surface area (Å²) in [5.74, 6) is 0.207. The minimum Gasteiger partial charge on any atom is -0.495 e. The van der Waals surface area contributed by atoms with Crippen LogP contribution in [0.5, 0.6) is 5.75 Å². The largest absolute Gasteiger partial charge is 0.495 e. The zero-order valence-corrected chi connectivity index (χ0v) is 13.1. The second-order valence-corrected chi connectivity index (χ2v) is 6.37. The van der Waals surface area contributed by atoms with Crippen molar-refractivity contribution in [2.75, 3.05) is 13.7 Å². The summed E-state index contributed by atoms with van der Waals surface area (Å²) >= 11 is 5.92. The predicted octanol–water partition coefficient (Wildman–Crippen LogP) is 2.88. The molecule has 1 aromatic rings. The third-order valence-electron chi connectivity index (χ3n) is 2.83. The van der Waals surface area contributed by atoms with Crippen LogP contribution in [0.2, 0.25) is 5.02 Å². The molecule has 5 heteroatoms. The zero-order valence-electron chi connectivity index (χ0n) is 12.4. The van der Waals surface area contributed by atoms with Gasteiger partial charge in [-0.15, -0.1) is 0 Å². The third kappa shape index (κ3) is 5.02. The maximum absolute atomic E-state index is 12.2. The van der Waals surface area contributed by atoms with E-state index in [2.05, 4.69) is 26.1 Å². The van der Waals surface area contributed by atoms with E-state index >= 15 is 0 Å². The van der Waals surface area contributed by atoms with Gasteiger partial charge in [0.25, 0.3) is 5.91 Å². The number of nitrogens with one attached hydrogen (secondary N) is 1. The molecular formula is C15H22ClNO3. The second-order valence-electron chi connectivity index (χ2n) is 5.97. The Morgan fingerprint density at radius 1 is 1.45 bits per heavy atom. The molecule has 0 saturated carbocycles. The van der Waals surface area contributed by atoms with Gasteiger partial charge in [-0.2, -0.15) is 0 Å². The summed E-state index contributed by atoms with van der Waals surface area (Å²) in [5, 5.41) is 12.6. The maximum Gasteiger partial charge on any atom is 0.251 e. The van der Waals surface area contributed by atoms with Crippen molar-refractivity contribution in [3.05, 3.63) is 28.8 Å². The molecule has 0 aliphatic rings. The lowest BCUT2D eigenvalue weighted by molar-refractivity contribution is 0.0897. The Hall–Kier alpha value is -1.26. The third-order valence-corrected chi connectivity index (χ3v) is 3.14. The van der Waals surface area contributed by atoms with Crippen LogP contribution in [0.25, 0.3) is 0 Å². The van der Waals surface area contributed by atoms with E-state index in [0.29, 0.717) is 22.8 Å². The van der Waals surface area contributed by atoms with Crippen LogP contribution < -0.4 is 10.1 Å². The smallest absolute Gasteiger partial charge is 0.251 e. The van der Waals surface area contributed by atoms with Crippen molar-refractivity contribution in [2.24, 2.45) is 5.41 Å². The van der Waals surface area contributed by atoms with Crippen molar-refractivity contribution < 1.29 is 14.6 Å². The van der Waals surface area contributed by atoms with Crippen molar-refractivity contribution in [2.45, 2.75) is 33.2 Å². The first-order valence-corrected chi connectivity index (χ1v) is 6.90. The number of carbonyl (C=O) groups is 1. The fourth-order valence-corrected chi connectivity index (χ4v) is 2.16. The Morgan fingerprint density at radius 2 is 2.10 bits per heavy atom. The number of benzene rings is 1. The average Bonchev–Trinajstić information content (AvgIpc) is 2.36. The Labute approximate surface area is 125 Å². The van der Waals surface area contributed by atoms with E-state index in [1.165, 1.54) is 7.11 Å². The molecule has 1 amide bonds. The molecule has 1 atom stereocenters. The first-order chi connectivity index (χ1) is 9.26. The number of aliphatic hydroxyl groups is 1. The molecule has 4 nitrogen and oxygen atoms in total. The number of carbonyl (C=O) groups excluding carboxylic acids is 1. The molecule has 0 spiro atoms. The average molecular weight is 300 g/mol. The van der Waals surface area contributed by atoms with Crippen LogP contribution in [-0.2, 0) is 0 Å². The topological polar surface area (TPSA) is 58.6 Å². The molecule has 0 fully saturated rings. The van der Waals surface area contributed by atoms with E-state index in [4.69, 9.17) is 16.3 Å². The molecule has 0 aliphatic carbocycles. The normalized spacial score (nSPS) is 12.9. The SMILES string of the molecule is COc1cc(C(=O)NC(CO)CC(C)(C)C)ccc1Cl. The van der Waals surface area contributed by atoms with Crippen molar-refractivity contribution in [1.82, 2.24) is 5.32 Å². The van der Waals surface area contributed by atoms with Gasteiger partial charge in [-0.25, -0.2) is 0 Å². The molecule has 0 radical (unpaired) electrons. The Morgan fingerprint density at radius 3 is 2.60 bits per heavy atom. The Bertz CT molecular complexity index is 469. The number of methoxy groups -OCH3 is 1. The molecule has 0 aromatic heterocycles. The number of hydrogen-bond donors (Lipinski definition) is 2. The van der Waals surface area contributed by atoms with Crippen LogP contribution in [0.3, 0.4) is 0 Å². The monoisotopic (exact) mass is 299 g/mol. The second kappa shape index (κ2) is 6.95. The molecule has 2 N–H and O–H groups in total. The highest BCUT2D eigenvalue weighted by molar-refractivity contribution is 6.32. The summed E-state index contributed by atoms with van der Waals surface area (Å²) in [6, 6.07) is 4.56. The van der Waals surface area contributed by atoms with Crippen molar-refractivity contribution in [3.8, 4) is 5.75 Å². The van der Waals surface area contributed by atoms with Gasteiger partial charge in [-0.3, -0.25) is 4.79 Å². The molecule has 0 aliphatic heterocycles. The van der Waals surface area contributed by atoms with Crippen LogP contribution in [0.4, 0.5) is 0 Å². The zero-order chi connectivity index (χ0) is 15.3. The number of amides is 1. The number of aliphatic hydroxyl groups excluding tert-OH is 1. The minimum absolute atomic E-state index is 0.0262. The van der Waals surface area contributed by atoms with Gasteiger partial charge in [0.15, 0.2) is 0 Å². The lowest BCUT2D eigenvalue weighted by Crippen LogP contribution is -2.40. The maximum atomic E-state index is 12.2. The van der Waals surface area contributed by atoms with Crippen LogP contribution in [0, 0.1) is 5.41 Å². The minimum atomic E-state index is -0.274. The quantitative estimate of drug-likeness (QED) is 0.879. The van der Waals surface area contributed by atoms with Gasteiger partial charge in [-0.05, 0) is 30.0 Å². The number of ether oxygens (including phenoxy) is 1. The standard InChI is InChI=1S/C15H22ClNO3/c1-15(2,3)8-11(9-18)17-14(19)10-5-6-12(16)13(7-10)20-4/h5-7,11,18H,8-9H2,1-4H3,(H,17,19). The summed E-state index contributed by atoms with van der Waals surface area (Å²) in [6.45, 7) is 6.10. The fraction of sp³-hybridized carbons (Fsp3) is 0.533. The fourth-order valence-electron chi connectivity index (χ4n) is 1.97. The molecule has 1 rings (SSSR count). The molecule has 20 heavy (non-hydrogen) atoms. The molecule has 1 unspecified atom stereocenters. The van der Waals surface area contributed by atoms with Gasteiger partial charge in [-0.1, -0.05) is 32.4 Å². The summed E-state index contributed by atoms with van der Waals surface area (Å²) in [5.41, 5.74) is 0.483. The van der Waals surface area contributed by atoms with Gasteiger partial charge in [0, 0.05) is 5.56 Å². The molecule has 112 valence electrons. The highest BCUT2D eigenvalue weighted by atomic mass is 35.5. The van der Waals surface area contributed by atoms with Crippen molar-refractivity contribution >= 4 is 17.5 Å². The summed E-state index contributed by atoms with van der Waals surface area (Å²) in [4.78, 5) is 12.2. The lowest BCUT2D eigenvalue weighted by atomic mass is 9.88. The van der Waals surface area contributed by atoms with Crippen LogP contribution in [-0.4, -0.2) is 30.8 Å². The van der Waals surface area contributed by atoms with Gasteiger partial charge in [0.1, 0.15) is 5.75 Å². The highest BCUT2D eigenvalue weighted by Gasteiger charge is 2.20. The van der Waals surface area contributed by atoms with Gasteiger partial charge in [0.2, 0.25) is 0 Å². The first-order valence-electron chi connectivity index (χ1n) is 6.52. The Kier molecular flexibility index (Phi) is 5.84. The van der Waals surface area contributed by atoms with E-state index in [0.717, 1.165) is 0 Å². The summed E-state index contributed by atoms with van der Waals surface area (Å²) < 4.78 is 5.09. The molecule has 1 aromatic carbocycles. The highest BCUT2D eigenvalue weighted by Crippen LogP contribution is 2.25. The first kappa shape index (κ1) is 16.8. The van der Waals surface area contributed by atoms with Crippen LogP contribution in [0.15, 0.2) is 18.2 Å². The van der Waals surface area contributed by atoms with E-state index < -0.39 is 0 Å². The van der Waals surface area contributed by atoms with Gasteiger partial charge < -0.3 is 15.2 Å². The number of halogens is 1. The van der Waals surface area contributed by atoms with Gasteiger partial charge in [0.05, 0.1) is 24.8 Å². The van der Waals surface area contributed by atoms with E-state index in [9.17, 15) is 9.90 Å². The van der Waals surface area contributed by atoms with Crippen molar-refractivity contribution in [1.29, 1.82) is 0 Å². The summed E-state index contributed by atoms with van der Waals surface area (Å²) in [7, 11) is 1.50. The van der Waals surface area contributed by atoms with E-state index in [1.54, 1.807) is 18.2 Å². The van der Waals surface area contributed by atoms with E-state index in [-0.39, 0.29) is 24.0 Å². The number of rotatable bonds is 5. The Balaban J connectivity index is 2.79. The predicted molar refractivity (Wildman–Crippen MR) is 80.4 cm³/mol. The number of hydrogen-bond acceptors (Lipinski definition) is 3. The molecule has 0 bridgehead atoms. The van der Waals surface area contributed by atoms with Crippen molar-refractivity contribution in [3.63, 3.8) is 0 Å². The van der Waals surface area contributed by atoms with E-state index in [1.807, 2.05) is 0 Å². The van der Waals surface area contributed by atoms with Crippen LogP contribution >= 0.6 is 11.6 Å². The molecule has 0 heterocycles.